The number of hydrogen-bond donors (Lipinski definition) is 1. The van der Waals surface area contributed by atoms with Crippen molar-refractivity contribution < 1.29 is 9.59 Å². The molecule has 3 aromatic carbocycles. The number of carbonyl (C=O) groups is 2. The maximum Gasteiger partial charge on any atom is 0.243 e. The second kappa shape index (κ2) is 12.0. The molecule has 0 heterocycles. The average molecular weight is 521 g/mol. The molecular formula is C29H33BrN2O2. The van der Waals surface area contributed by atoms with Gasteiger partial charge in [0.05, 0.1) is 0 Å². The predicted molar refractivity (Wildman–Crippen MR) is 141 cm³/mol. The van der Waals surface area contributed by atoms with Gasteiger partial charge in [-0.1, -0.05) is 88.7 Å². The minimum atomic E-state index is -0.617. The Morgan fingerprint density at radius 2 is 1.38 bits per heavy atom. The van der Waals surface area contributed by atoms with Gasteiger partial charge in [-0.2, -0.15) is 0 Å². The van der Waals surface area contributed by atoms with Crippen molar-refractivity contribution in [3.63, 3.8) is 0 Å². The SMILES string of the molecule is CC(C)(C)NC(=O)[C@@H](Cc1ccccc1)N(Cc1ccc(Br)cc1)C(=O)CCc1ccccc1. The van der Waals surface area contributed by atoms with E-state index < -0.39 is 11.6 Å². The molecule has 0 saturated carbocycles. The number of nitrogens with one attached hydrogen (secondary N) is 1. The molecule has 0 bridgehead atoms. The Morgan fingerprint density at radius 3 is 1.94 bits per heavy atom. The largest absolute Gasteiger partial charge is 0.350 e. The molecule has 0 aromatic heterocycles. The van der Waals surface area contributed by atoms with E-state index in [0.717, 1.165) is 21.2 Å². The van der Waals surface area contributed by atoms with Gasteiger partial charge >= 0.3 is 0 Å². The monoisotopic (exact) mass is 520 g/mol. The van der Waals surface area contributed by atoms with Crippen LogP contribution in [0.3, 0.4) is 0 Å². The van der Waals surface area contributed by atoms with Crippen LogP contribution in [0.2, 0.25) is 0 Å². The molecule has 4 nitrogen and oxygen atoms in total. The standard InChI is InChI=1S/C29H33BrN2O2/c1-29(2,3)31-28(34)26(20-23-12-8-5-9-13-23)32(21-24-14-17-25(30)18-15-24)27(33)19-16-22-10-6-4-7-11-22/h4-15,17-18,26H,16,19-21H2,1-3H3,(H,31,34)/t26-/m1/s1. The zero-order valence-electron chi connectivity index (χ0n) is 20.1. The number of benzene rings is 3. The molecule has 0 saturated heterocycles. The molecule has 0 fully saturated rings. The predicted octanol–water partition coefficient (Wildman–Crippen LogP) is 5.94. The van der Waals surface area contributed by atoms with E-state index in [1.165, 1.54) is 0 Å². The van der Waals surface area contributed by atoms with Gasteiger partial charge in [0, 0.05) is 29.4 Å². The third kappa shape index (κ3) is 8.14. The summed E-state index contributed by atoms with van der Waals surface area (Å²) in [5.41, 5.74) is 2.71. The van der Waals surface area contributed by atoms with E-state index in [9.17, 15) is 9.59 Å². The summed E-state index contributed by atoms with van der Waals surface area (Å²) in [7, 11) is 0. The number of aryl methyl sites for hydroxylation is 1. The third-order valence-corrected chi connectivity index (χ3v) is 6.03. The fourth-order valence-electron chi connectivity index (χ4n) is 3.83. The fourth-order valence-corrected chi connectivity index (χ4v) is 4.10. The van der Waals surface area contributed by atoms with Gasteiger partial charge in [-0.3, -0.25) is 9.59 Å². The van der Waals surface area contributed by atoms with Crippen molar-refractivity contribution in [1.29, 1.82) is 0 Å². The summed E-state index contributed by atoms with van der Waals surface area (Å²) in [6.07, 6.45) is 1.43. The van der Waals surface area contributed by atoms with Crippen molar-refractivity contribution >= 4 is 27.7 Å². The summed E-state index contributed by atoms with van der Waals surface area (Å²) >= 11 is 3.48. The van der Waals surface area contributed by atoms with Crippen molar-refractivity contribution in [2.75, 3.05) is 0 Å². The molecule has 3 aromatic rings. The van der Waals surface area contributed by atoms with Crippen molar-refractivity contribution in [1.82, 2.24) is 10.2 Å². The Balaban J connectivity index is 1.91. The lowest BCUT2D eigenvalue weighted by Crippen LogP contribution is -2.54. The Morgan fingerprint density at radius 1 is 0.824 bits per heavy atom. The number of carbonyl (C=O) groups excluding carboxylic acids is 2. The molecule has 1 N–H and O–H groups in total. The summed E-state index contributed by atoms with van der Waals surface area (Å²) in [5, 5.41) is 3.10. The highest BCUT2D eigenvalue weighted by Gasteiger charge is 2.32. The second-order valence-electron chi connectivity index (χ2n) is 9.58. The van der Waals surface area contributed by atoms with E-state index in [1.54, 1.807) is 4.90 Å². The number of halogens is 1. The Hall–Kier alpha value is -2.92. The number of hydrogen-bond acceptors (Lipinski definition) is 2. The quantitative estimate of drug-likeness (QED) is 0.379. The molecular weight excluding hydrogens is 488 g/mol. The van der Waals surface area contributed by atoms with Gasteiger partial charge in [0.15, 0.2) is 0 Å². The first-order chi connectivity index (χ1) is 16.2. The van der Waals surface area contributed by atoms with E-state index in [4.69, 9.17) is 0 Å². The molecule has 0 unspecified atom stereocenters. The Labute approximate surface area is 211 Å². The van der Waals surface area contributed by atoms with Crippen LogP contribution in [0.5, 0.6) is 0 Å². The van der Waals surface area contributed by atoms with E-state index in [1.807, 2.05) is 106 Å². The first-order valence-electron chi connectivity index (χ1n) is 11.6. The van der Waals surface area contributed by atoms with Gasteiger partial charge in [0.25, 0.3) is 0 Å². The van der Waals surface area contributed by atoms with Crippen molar-refractivity contribution in [3.8, 4) is 0 Å². The fraction of sp³-hybridized carbons (Fsp3) is 0.310. The second-order valence-corrected chi connectivity index (χ2v) is 10.5. The Bertz CT molecular complexity index is 1060. The van der Waals surface area contributed by atoms with Crippen LogP contribution >= 0.6 is 15.9 Å². The van der Waals surface area contributed by atoms with Crippen LogP contribution in [0, 0.1) is 0 Å². The van der Waals surface area contributed by atoms with E-state index in [2.05, 4.69) is 21.2 Å². The highest BCUT2D eigenvalue weighted by molar-refractivity contribution is 9.10. The smallest absolute Gasteiger partial charge is 0.243 e. The van der Waals surface area contributed by atoms with Gasteiger partial charge in [0.2, 0.25) is 11.8 Å². The third-order valence-electron chi connectivity index (χ3n) is 5.51. The first-order valence-corrected chi connectivity index (χ1v) is 12.4. The number of nitrogens with zero attached hydrogens (tertiary/aromatic N) is 1. The van der Waals surface area contributed by atoms with Crippen LogP contribution in [0.15, 0.2) is 89.4 Å². The van der Waals surface area contributed by atoms with Gasteiger partial charge in [-0.15, -0.1) is 0 Å². The summed E-state index contributed by atoms with van der Waals surface area (Å²) < 4.78 is 0.976. The molecule has 1 atom stereocenters. The Kier molecular flexibility index (Phi) is 9.05. The van der Waals surface area contributed by atoms with Crippen molar-refractivity contribution in [2.45, 2.75) is 58.2 Å². The summed E-state index contributed by atoms with van der Waals surface area (Å²) in [6, 6.07) is 27.2. The van der Waals surface area contributed by atoms with Crippen LogP contribution < -0.4 is 5.32 Å². The average Bonchev–Trinajstić information content (AvgIpc) is 2.81. The van der Waals surface area contributed by atoms with E-state index >= 15 is 0 Å². The molecule has 3 rings (SSSR count). The molecule has 178 valence electrons. The summed E-state index contributed by atoms with van der Waals surface area (Å²) in [5.74, 6) is -0.168. The van der Waals surface area contributed by atoms with Crippen LogP contribution in [0.4, 0.5) is 0 Å². The van der Waals surface area contributed by atoms with Crippen LogP contribution in [-0.2, 0) is 29.0 Å². The van der Waals surface area contributed by atoms with Gasteiger partial charge < -0.3 is 10.2 Å². The van der Waals surface area contributed by atoms with Crippen LogP contribution in [0.1, 0.15) is 43.9 Å². The molecule has 34 heavy (non-hydrogen) atoms. The topological polar surface area (TPSA) is 49.4 Å². The minimum Gasteiger partial charge on any atom is -0.350 e. The van der Waals surface area contributed by atoms with E-state index in [0.29, 0.717) is 25.8 Å². The minimum absolute atomic E-state index is 0.0308. The highest BCUT2D eigenvalue weighted by atomic mass is 79.9. The maximum atomic E-state index is 13.6. The lowest BCUT2D eigenvalue weighted by molar-refractivity contribution is -0.141. The number of rotatable bonds is 9. The highest BCUT2D eigenvalue weighted by Crippen LogP contribution is 2.19. The van der Waals surface area contributed by atoms with Crippen molar-refractivity contribution in [2.24, 2.45) is 0 Å². The molecule has 2 amide bonds. The number of amides is 2. The van der Waals surface area contributed by atoms with Crippen LogP contribution in [0.25, 0.3) is 0 Å². The molecule has 0 aliphatic carbocycles. The first kappa shape index (κ1) is 25.7. The van der Waals surface area contributed by atoms with Gasteiger partial charge in [-0.05, 0) is 56.0 Å². The zero-order chi connectivity index (χ0) is 24.6. The normalized spacial score (nSPS) is 12.1. The van der Waals surface area contributed by atoms with E-state index in [-0.39, 0.29) is 11.8 Å². The van der Waals surface area contributed by atoms with Crippen LogP contribution in [-0.4, -0.2) is 28.3 Å². The maximum absolute atomic E-state index is 13.6. The summed E-state index contributed by atoms with van der Waals surface area (Å²) in [6.45, 7) is 6.25. The molecule has 0 spiro atoms. The van der Waals surface area contributed by atoms with Gasteiger partial charge in [-0.25, -0.2) is 0 Å². The van der Waals surface area contributed by atoms with Crippen molar-refractivity contribution in [3.05, 3.63) is 106 Å². The lowest BCUT2D eigenvalue weighted by Gasteiger charge is -2.34. The zero-order valence-corrected chi connectivity index (χ0v) is 21.7. The molecule has 0 radical (unpaired) electrons. The molecule has 0 aliphatic heterocycles. The molecule has 5 heteroatoms. The summed E-state index contributed by atoms with van der Waals surface area (Å²) in [4.78, 5) is 28.9. The lowest BCUT2D eigenvalue weighted by atomic mass is 10.00. The van der Waals surface area contributed by atoms with Gasteiger partial charge in [0.1, 0.15) is 6.04 Å². The molecule has 0 aliphatic rings.